The van der Waals surface area contributed by atoms with Crippen molar-refractivity contribution in [1.82, 2.24) is 25.0 Å². The quantitative estimate of drug-likeness (QED) is 0.573. The predicted molar refractivity (Wildman–Crippen MR) is 57.6 cm³/mol. The summed E-state index contributed by atoms with van der Waals surface area (Å²) in [6.07, 6.45) is -0.508. The number of nitrogens with zero attached hydrogens (tertiary/aromatic N) is 4. The standard InChI is InChI=1S/C9H11N5O4/c15-2-5-4(16)1-6(18-5)14-8-7(12-13-14)9(17)11-3-10-8/h3-6,15-16H,1-2H2,(H,10,11,17)/t4-,5+,6+/m0/s1. The van der Waals surface area contributed by atoms with Crippen LogP contribution in [0.4, 0.5) is 0 Å². The number of aliphatic hydroxyl groups excluding tert-OH is 2. The highest BCUT2D eigenvalue weighted by molar-refractivity contribution is 5.67. The van der Waals surface area contributed by atoms with Crippen molar-refractivity contribution in [3.05, 3.63) is 16.7 Å². The van der Waals surface area contributed by atoms with Crippen molar-refractivity contribution >= 4 is 11.2 Å². The lowest BCUT2D eigenvalue weighted by Crippen LogP contribution is -2.24. The summed E-state index contributed by atoms with van der Waals surface area (Å²) in [6.45, 7) is -0.279. The zero-order valence-electron chi connectivity index (χ0n) is 9.22. The van der Waals surface area contributed by atoms with E-state index in [4.69, 9.17) is 9.84 Å². The Balaban J connectivity index is 2.01. The van der Waals surface area contributed by atoms with Crippen LogP contribution in [0.15, 0.2) is 11.1 Å². The van der Waals surface area contributed by atoms with Crippen molar-refractivity contribution in [2.75, 3.05) is 6.61 Å². The molecule has 3 heterocycles. The summed E-state index contributed by atoms with van der Waals surface area (Å²) in [5, 5.41) is 26.2. The molecule has 3 rings (SSSR count). The van der Waals surface area contributed by atoms with Crippen molar-refractivity contribution < 1.29 is 14.9 Å². The van der Waals surface area contributed by atoms with E-state index >= 15 is 0 Å². The first-order valence-corrected chi connectivity index (χ1v) is 5.43. The third-order valence-corrected chi connectivity index (χ3v) is 2.92. The van der Waals surface area contributed by atoms with E-state index in [1.54, 1.807) is 0 Å². The summed E-state index contributed by atoms with van der Waals surface area (Å²) < 4.78 is 6.76. The van der Waals surface area contributed by atoms with Crippen LogP contribution in [0.25, 0.3) is 11.2 Å². The molecule has 1 aliphatic heterocycles. The summed E-state index contributed by atoms with van der Waals surface area (Å²) >= 11 is 0. The molecule has 1 saturated heterocycles. The smallest absolute Gasteiger partial charge is 0.280 e. The van der Waals surface area contributed by atoms with Crippen LogP contribution in [-0.2, 0) is 4.74 Å². The molecule has 0 aromatic carbocycles. The third-order valence-electron chi connectivity index (χ3n) is 2.92. The average molecular weight is 253 g/mol. The van der Waals surface area contributed by atoms with Crippen LogP contribution < -0.4 is 5.56 Å². The van der Waals surface area contributed by atoms with E-state index in [-0.39, 0.29) is 29.8 Å². The lowest BCUT2D eigenvalue weighted by molar-refractivity contribution is -0.0476. The Morgan fingerprint density at radius 3 is 3.17 bits per heavy atom. The Morgan fingerprint density at radius 1 is 1.61 bits per heavy atom. The molecule has 9 nitrogen and oxygen atoms in total. The van der Waals surface area contributed by atoms with E-state index in [2.05, 4.69) is 20.3 Å². The molecule has 0 saturated carbocycles. The van der Waals surface area contributed by atoms with Crippen molar-refractivity contribution in [3.8, 4) is 0 Å². The summed E-state index contributed by atoms with van der Waals surface area (Å²) in [4.78, 5) is 17.8. The molecule has 3 N–H and O–H groups in total. The fourth-order valence-electron chi connectivity index (χ4n) is 2.00. The highest BCUT2D eigenvalue weighted by Gasteiger charge is 2.36. The topological polar surface area (TPSA) is 126 Å². The van der Waals surface area contributed by atoms with E-state index in [1.807, 2.05) is 0 Å². The molecule has 1 fully saturated rings. The first-order chi connectivity index (χ1) is 8.70. The number of hydrogen-bond acceptors (Lipinski definition) is 7. The molecular formula is C9H11N5O4. The van der Waals surface area contributed by atoms with Gasteiger partial charge in [-0.25, -0.2) is 4.98 Å². The molecule has 2 aromatic rings. The minimum absolute atomic E-state index is 0.114. The van der Waals surface area contributed by atoms with Gasteiger partial charge in [-0.05, 0) is 0 Å². The first-order valence-electron chi connectivity index (χ1n) is 5.43. The summed E-state index contributed by atoms with van der Waals surface area (Å²) in [5.74, 6) is 0. The van der Waals surface area contributed by atoms with Gasteiger partial charge in [0.15, 0.2) is 17.4 Å². The van der Waals surface area contributed by atoms with Gasteiger partial charge in [0.05, 0.1) is 19.0 Å². The van der Waals surface area contributed by atoms with Crippen molar-refractivity contribution in [3.63, 3.8) is 0 Å². The van der Waals surface area contributed by atoms with Crippen LogP contribution in [-0.4, -0.2) is 54.0 Å². The highest BCUT2D eigenvalue weighted by atomic mass is 16.5. The van der Waals surface area contributed by atoms with E-state index in [0.717, 1.165) is 0 Å². The maximum Gasteiger partial charge on any atom is 0.280 e. The Kier molecular flexibility index (Phi) is 2.58. The van der Waals surface area contributed by atoms with Gasteiger partial charge in [0, 0.05) is 6.42 Å². The zero-order chi connectivity index (χ0) is 12.7. The summed E-state index contributed by atoms with van der Waals surface area (Å²) in [6, 6.07) is 0. The van der Waals surface area contributed by atoms with Crippen LogP contribution in [0.5, 0.6) is 0 Å². The van der Waals surface area contributed by atoms with E-state index in [9.17, 15) is 9.90 Å². The number of aromatic nitrogens is 5. The van der Waals surface area contributed by atoms with Gasteiger partial charge >= 0.3 is 0 Å². The van der Waals surface area contributed by atoms with Crippen LogP contribution in [0.2, 0.25) is 0 Å². The number of aliphatic hydroxyl groups is 2. The number of rotatable bonds is 2. The van der Waals surface area contributed by atoms with Crippen LogP contribution in [0.1, 0.15) is 12.6 Å². The first kappa shape index (κ1) is 11.3. The Labute approximate surface area is 100 Å². The SMILES string of the molecule is O=c1[nH]cnc2c1nnn2[C@H]1C[C@H](O)[C@@H](CO)O1. The van der Waals surface area contributed by atoms with Gasteiger partial charge in [-0.15, -0.1) is 5.10 Å². The van der Waals surface area contributed by atoms with Gasteiger partial charge in [-0.3, -0.25) is 4.79 Å². The van der Waals surface area contributed by atoms with Crippen LogP contribution >= 0.6 is 0 Å². The van der Waals surface area contributed by atoms with Crippen LogP contribution in [0, 0.1) is 0 Å². The Morgan fingerprint density at radius 2 is 2.44 bits per heavy atom. The fraction of sp³-hybridized carbons (Fsp3) is 0.556. The normalized spacial score (nSPS) is 28.0. The number of H-pyrrole nitrogens is 1. The fourth-order valence-corrected chi connectivity index (χ4v) is 2.00. The number of fused-ring (bicyclic) bond motifs is 1. The van der Waals surface area contributed by atoms with E-state index in [1.165, 1.54) is 11.0 Å². The molecule has 3 atom stereocenters. The number of hydrogen-bond donors (Lipinski definition) is 3. The Bertz CT molecular complexity index is 623. The third kappa shape index (κ3) is 1.60. The number of nitrogens with one attached hydrogen (secondary N) is 1. The van der Waals surface area contributed by atoms with Crippen molar-refractivity contribution in [1.29, 1.82) is 0 Å². The second-order valence-corrected chi connectivity index (χ2v) is 4.05. The predicted octanol–water partition coefficient (Wildman–Crippen LogP) is -1.84. The molecule has 0 unspecified atom stereocenters. The number of aromatic amines is 1. The van der Waals surface area contributed by atoms with Gasteiger partial charge in [0.1, 0.15) is 6.10 Å². The molecular weight excluding hydrogens is 242 g/mol. The molecule has 0 amide bonds. The van der Waals surface area contributed by atoms with Gasteiger partial charge < -0.3 is 19.9 Å². The summed E-state index contributed by atoms with van der Waals surface area (Å²) in [7, 11) is 0. The van der Waals surface area contributed by atoms with Gasteiger partial charge in [-0.2, -0.15) is 4.68 Å². The van der Waals surface area contributed by atoms with Crippen molar-refractivity contribution in [2.45, 2.75) is 24.9 Å². The largest absolute Gasteiger partial charge is 0.394 e. The van der Waals surface area contributed by atoms with Crippen LogP contribution in [0.3, 0.4) is 0 Å². The minimum Gasteiger partial charge on any atom is -0.394 e. The molecule has 0 radical (unpaired) electrons. The molecule has 96 valence electrons. The highest BCUT2D eigenvalue weighted by Crippen LogP contribution is 2.28. The zero-order valence-corrected chi connectivity index (χ0v) is 9.22. The molecule has 0 bridgehead atoms. The lowest BCUT2D eigenvalue weighted by atomic mass is 10.2. The minimum atomic E-state index is -0.777. The van der Waals surface area contributed by atoms with E-state index in [0.29, 0.717) is 0 Å². The monoisotopic (exact) mass is 253 g/mol. The second kappa shape index (κ2) is 4.12. The summed E-state index contributed by atoms with van der Waals surface area (Å²) in [5.41, 5.74) is 0.0149. The Hall–Kier alpha value is -1.84. The number of ether oxygens (including phenoxy) is 1. The maximum atomic E-state index is 11.5. The van der Waals surface area contributed by atoms with Gasteiger partial charge in [-0.1, -0.05) is 5.21 Å². The second-order valence-electron chi connectivity index (χ2n) is 4.05. The molecule has 1 aliphatic rings. The average Bonchev–Trinajstić information content (AvgIpc) is 2.93. The molecule has 2 aromatic heterocycles. The molecule has 0 aliphatic carbocycles. The van der Waals surface area contributed by atoms with Gasteiger partial charge in [0.2, 0.25) is 0 Å². The van der Waals surface area contributed by atoms with Crippen molar-refractivity contribution in [2.24, 2.45) is 0 Å². The molecule has 9 heteroatoms. The van der Waals surface area contributed by atoms with Gasteiger partial charge in [0.25, 0.3) is 5.56 Å². The molecule has 18 heavy (non-hydrogen) atoms. The maximum absolute atomic E-state index is 11.5. The lowest BCUT2D eigenvalue weighted by Gasteiger charge is -2.11. The molecule has 0 spiro atoms. The van der Waals surface area contributed by atoms with E-state index < -0.39 is 18.4 Å².